The Morgan fingerprint density at radius 1 is 1.33 bits per heavy atom. The van der Waals surface area contributed by atoms with Crippen LogP contribution in [0.15, 0.2) is 18.2 Å². The van der Waals surface area contributed by atoms with E-state index in [2.05, 4.69) is 5.32 Å². The van der Waals surface area contributed by atoms with Crippen LogP contribution in [0, 0.1) is 6.92 Å². The van der Waals surface area contributed by atoms with Crippen molar-refractivity contribution in [2.45, 2.75) is 31.1 Å². The molecule has 7 heteroatoms. The van der Waals surface area contributed by atoms with Crippen LogP contribution in [0.3, 0.4) is 0 Å². The maximum absolute atomic E-state index is 13.0. The number of piperidine rings is 1. The summed E-state index contributed by atoms with van der Waals surface area (Å²) >= 11 is 0. The second kappa shape index (κ2) is 7.11. The van der Waals surface area contributed by atoms with Gasteiger partial charge in [0.15, 0.2) is 14.6 Å². The van der Waals surface area contributed by atoms with Gasteiger partial charge in [0, 0.05) is 19.8 Å². The second-order valence-corrected chi connectivity index (χ2v) is 8.81. The van der Waals surface area contributed by atoms with Crippen molar-refractivity contribution in [3.8, 4) is 5.75 Å². The van der Waals surface area contributed by atoms with E-state index in [0.29, 0.717) is 32.5 Å². The number of nitrogens with zero attached hydrogens (tertiary/aromatic N) is 1. The van der Waals surface area contributed by atoms with E-state index in [1.54, 1.807) is 14.2 Å². The van der Waals surface area contributed by atoms with Crippen LogP contribution in [0.2, 0.25) is 0 Å². The van der Waals surface area contributed by atoms with E-state index in [4.69, 9.17) is 4.74 Å². The third-order valence-corrected chi connectivity index (χ3v) is 6.74. The number of benzene rings is 1. The van der Waals surface area contributed by atoms with Gasteiger partial charge in [0.1, 0.15) is 5.75 Å². The van der Waals surface area contributed by atoms with Crippen molar-refractivity contribution in [3.63, 3.8) is 0 Å². The molecular weight excluding hydrogens is 328 g/mol. The Hall–Kier alpha value is -1.60. The molecule has 0 spiro atoms. The predicted molar refractivity (Wildman–Crippen MR) is 93.9 cm³/mol. The number of ether oxygens (including phenoxy) is 1. The van der Waals surface area contributed by atoms with E-state index in [0.717, 1.165) is 16.9 Å². The van der Waals surface area contributed by atoms with E-state index in [1.165, 1.54) is 11.2 Å². The van der Waals surface area contributed by atoms with Crippen molar-refractivity contribution in [1.29, 1.82) is 0 Å². The lowest BCUT2D eigenvalue weighted by atomic mass is 9.95. The highest BCUT2D eigenvalue weighted by molar-refractivity contribution is 7.92. The van der Waals surface area contributed by atoms with Gasteiger partial charge in [-0.3, -0.25) is 4.79 Å². The molecule has 1 aliphatic rings. The number of hydrogen-bond acceptors (Lipinski definition) is 5. The first kappa shape index (κ1) is 18.7. The van der Waals surface area contributed by atoms with Gasteiger partial charge >= 0.3 is 0 Å². The van der Waals surface area contributed by atoms with Gasteiger partial charge in [-0.25, -0.2) is 8.42 Å². The Morgan fingerprint density at radius 3 is 2.46 bits per heavy atom. The van der Waals surface area contributed by atoms with Gasteiger partial charge in [-0.15, -0.1) is 0 Å². The van der Waals surface area contributed by atoms with Gasteiger partial charge in [-0.2, -0.15) is 0 Å². The van der Waals surface area contributed by atoms with Crippen LogP contribution in [-0.2, 0) is 21.2 Å². The lowest BCUT2D eigenvalue weighted by Gasteiger charge is -2.37. The lowest BCUT2D eigenvalue weighted by molar-refractivity contribution is -0.134. The Bertz CT molecular complexity index is 709. The van der Waals surface area contributed by atoms with Crippen molar-refractivity contribution in [2.24, 2.45) is 0 Å². The van der Waals surface area contributed by atoms with Gasteiger partial charge in [-0.1, -0.05) is 12.1 Å². The third kappa shape index (κ3) is 3.57. The molecule has 0 bridgehead atoms. The molecule has 2 rings (SSSR count). The number of carbonyl (C=O) groups excluding carboxylic acids is 1. The van der Waals surface area contributed by atoms with Crippen LogP contribution in [0.4, 0.5) is 0 Å². The van der Waals surface area contributed by atoms with Crippen LogP contribution in [-0.4, -0.2) is 57.5 Å². The highest BCUT2D eigenvalue weighted by Crippen LogP contribution is 2.30. The summed E-state index contributed by atoms with van der Waals surface area (Å²) in [7, 11) is -0.215. The number of sulfone groups is 1. The lowest BCUT2D eigenvalue weighted by Crippen LogP contribution is -2.57. The maximum Gasteiger partial charge on any atom is 0.244 e. The number of nitrogens with one attached hydrogen (secondary N) is 1. The van der Waals surface area contributed by atoms with Crippen LogP contribution in [0.5, 0.6) is 5.75 Å². The average Bonchev–Trinajstić information content (AvgIpc) is 2.54. The van der Waals surface area contributed by atoms with E-state index < -0.39 is 14.6 Å². The minimum atomic E-state index is -3.49. The van der Waals surface area contributed by atoms with Crippen LogP contribution < -0.4 is 10.1 Å². The molecule has 1 aromatic carbocycles. The van der Waals surface area contributed by atoms with Crippen LogP contribution in [0.25, 0.3) is 0 Å². The SMILES string of the molecule is COc1ccc(CN(C)C(=O)C2(S(C)(=O)=O)CCNCC2)cc1C. The number of hydrogen-bond donors (Lipinski definition) is 1. The fraction of sp³-hybridized carbons (Fsp3) is 0.588. The van der Waals surface area contributed by atoms with Crippen LogP contribution >= 0.6 is 0 Å². The summed E-state index contributed by atoms with van der Waals surface area (Å²) in [6.45, 7) is 3.38. The molecule has 0 aromatic heterocycles. The first-order valence-corrected chi connectivity index (χ1v) is 9.90. The van der Waals surface area contributed by atoms with Crippen molar-refractivity contribution in [1.82, 2.24) is 10.2 Å². The quantitative estimate of drug-likeness (QED) is 0.858. The number of methoxy groups -OCH3 is 1. The van der Waals surface area contributed by atoms with Gasteiger partial charge in [0.2, 0.25) is 5.91 Å². The standard InChI is InChI=1S/C17H26N2O4S/c1-13-11-14(5-6-15(13)23-3)12-19(2)16(20)17(24(4,21)22)7-9-18-10-8-17/h5-6,11,18H,7-10,12H2,1-4H3. The number of rotatable bonds is 5. The molecule has 1 fully saturated rings. The third-order valence-electron chi connectivity index (χ3n) is 4.74. The topological polar surface area (TPSA) is 75.7 Å². The molecule has 0 saturated carbocycles. The fourth-order valence-electron chi connectivity index (χ4n) is 3.31. The smallest absolute Gasteiger partial charge is 0.244 e. The molecule has 0 aliphatic carbocycles. The zero-order valence-corrected chi connectivity index (χ0v) is 15.6. The summed E-state index contributed by atoms with van der Waals surface area (Å²) in [4.78, 5) is 14.5. The van der Waals surface area contributed by atoms with E-state index in [9.17, 15) is 13.2 Å². The summed E-state index contributed by atoms with van der Waals surface area (Å²) in [6, 6.07) is 5.71. The predicted octanol–water partition coefficient (Wildman–Crippen LogP) is 1.13. The highest BCUT2D eigenvalue weighted by Gasteiger charge is 2.49. The van der Waals surface area contributed by atoms with Crippen molar-refractivity contribution in [2.75, 3.05) is 33.5 Å². The average molecular weight is 354 g/mol. The summed E-state index contributed by atoms with van der Waals surface area (Å²) in [5.74, 6) is 0.471. The molecule has 1 heterocycles. The Balaban J connectivity index is 2.23. The van der Waals surface area contributed by atoms with Gasteiger partial charge in [0.05, 0.1) is 7.11 Å². The largest absolute Gasteiger partial charge is 0.496 e. The molecule has 1 saturated heterocycles. The fourth-order valence-corrected chi connectivity index (χ4v) is 4.72. The zero-order chi connectivity index (χ0) is 18.0. The van der Waals surface area contributed by atoms with E-state index in [-0.39, 0.29) is 5.91 Å². The molecule has 0 unspecified atom stereocenters. The Kier molecular flexibility index (Phi) is 5.55. The van der Waals surface area contributed by atoms with Gasteiger partial charge < -0.3 is 15.0 Å². The molecule has 6 nitrogen and oxygen atoms in total. The van der Waals surface area contributed by atoms with Gasteiger partial charge in [0.25, 0.3) is 0 Å². The normalized spacial score (nSPS) is 17.3. The molecule has 1 aliphatic heterocycles. The number of carbonyl (C=O) groups is 1. The molecule has 1 aromatic rings. The first-order chi connectivity index (χ1) is 11.2. The monoisotopic (exact) mass is 354 g/mol. The summed E-state index contributed by atoms with van der Waals surface area (Å²) in [5, 5.41) is 3.13. The summed E-state index contributed by atoms with van der Waals surface area (Å²) in [6.07, 6.45) is 1.80. The minimum absolute atomic E-state index is 0.316. The summed E-state index contributed by atoms with van der Waals surface area (Å²) < 4.78 is 28.6. The molecule has 0 atom stereocenters. The van der Waals surface area contributed by atoms with Crippen molar-refractivity contribution in [3.05, 3.63) is 29.3 Å². The highest BCUT2D eigenvalue weighted by atomic mass is 32.2. The minimum Gasteiger partial charge on any atom is -0.496 e. The van der Waals surface area contributed by atoms with Crippen LogP contribution in [0.1, 0.15) is 24.0 Å². The molecule has 1 amide bonds. The Morgan fingerprint density at radius 2 is 1.96 bits per heavy atom. The molecule has 24 heavy (non-hydrogen) atoms. The molecule has 134 valence electrons. The van der Waals surface area contributed by atoms with Crippen molar-refractivity contribution < 1.29 is 17.9 Å². The van der Waals surface area contributed by atoms with E-state index in [1.807, 2.05) is 25.1 Å². The molecule has 1 N–H and O–H groups in total. The van der Waals surface area contributed by atoms with Gasteiger partial charge in [-0.05, 0) is 50.0 Å². The zero-order valence-electron chi connectivity index (χ0n) is 14.8. The number of amides is 1. The maximum atomic E-state index is 13.0. The van der Waals surface area contributed by atoms with E-state index >= 15 is 0 Å². The summed E-state index contributed by atoms with van der Waals surface area (Å²) in [5.41, 5.74) is 1.93. The molecule has 0 radical (unpaired) electrons. The first-order valence-electron chi connectivity index (χ1n) is 8.01. The molecular formula is C17H26N2O4S. The number of aryl methyl sites for hydroxylation is 1. The second-order valence-electron chi connectivity index (χ2n) is 6.48. The van der Waals surface area contributed by atoms with Crippen molar-refractivity contribution >= 4 is 15.7 Å². The Labute approximate surface area is 144 Å².